The van der Waals surface area contributed by atoms with Gasteiger partial charge in [-0.2, -0.15) is 0 Å². The lowest BCUT2D eigenvalue weighted by atomic mass is 10.1. The second kappa shape index (κ2) is 5.52. The maximum atomic E-state index is 12.3. The van der Waals surface area contributed by atoms with Crippen LogP contribution in [0.4, 0.5) is 0 Å². The van der Waals surface area contributed by atoms with Crippen LogP contribution in [0.1, 0.15) is 11.1 Å². The number of hydrogen-bond acceptors (Lipinski definition) is 2. The first kappa shape index (κ1) is 13.5. The molecule has 2 aromatic carbocycles. The first-order valence-electron chi connectivity index (χ1n) is 6.17. The fourth-order valence-electron chi connectivity index (χ4n) is 2.15. The highest BCUT2D eigenvalue weighted by atomic mass is 79.9. The number of alkyl halides is 1. The van der Waals surface area contributed by atoms with E-state index in [0.29, 0.717) is 16.6 Å². The normalized spacial score (nSPS) is 12.0. The van der Waals surface area contributed by atoms with Gasteiger partial charge in [-0.3, -0.25) is 4.79 Å². The molecule has 3 rings (SSSR count). The van der Waals surface area contributed by atoms with Crippen LogP contribution in [-0.2, 0) is 11.9 Å². The van der Waals surface area contributed by atoms with Crippen LogP contribution < -0.4 is 5.56 Å². The molecule has 3 nitrogen and oxygen atoms in total. The highest BCUT2D eigenvalue weighted by Gasteiger charge is 2.17. The van der Waals surface area contributed by atoms with Crippen LogP contribution in [0, 0.1) is 0 Å². The van der Waals surface area contributed by atoms with Crippen molar-refractivity contribution in [1.82, 2.24) is 3.96 Å². The summed E-state index contributed by atoms with van der Waals surface area (Å²) in [4.78, 5) is 12.3. The molecule has 0 N–H and O–H groups in total. The van der Waals surface area contributed by atoms with Gasteiger partial charge in [-0.05, 0) is 17.2 Å². The molecular weight excluding hydrogens is 338 g/mol. The monoisotopic (exact) mass is 349 g/mol. The van der Waals surface area contributed by atoms with Crippen molar-refractivity contribution in [2.45, 2.75) is 11.9 Å². The number of hydrogen-bond donors (Lipinski definition) is 0. The summed E-state index contributed by atoms with van der Waals surface area (Å²) >= 11 is 3.40. The van der Waals surface area contributed by atoms with Gasteiger partial charge in [0.2, 0.25) is 4.70 Å². The Morgan fingerprint density at radius 1 is 1.05 bits per heavy atom. The number of halogens is 1. The second-order valence-corrected chi connectivity index (χ2v) is 6.48. The maximum Gasteiger partial charge on any atom is 0.304 e. The molecule has 0 radical (unpaired) electrons. The van der Waals surface area contributed by atoms with E-state index >= 15 is 0 Å². The number of benzene rings is 2. The van der Waals surface area contributed by atoms with E-state index in [1.54, 1.807) is 24.3 Å². The quantitative estimate of drug-likeness (QED) is 0.534. The van der Waals surface area contributed by atoms with Gasteiger partial charge in [0.15, 0.2) is 0 Å². The van der Waals surface area contributed by atoms with E-state index in [9.17, 15) is 9.35 Å². The minimum atomic E-state index is -1.40. The van der Waals surface area contributed by atoms with E-state index < -0.39 is 10.9 Å². The molecule has 0 fully saturated rings. The molecule has 0 bridgehead atoms. The molecule has 0 amide bonds. The molecule has 1 aromatic heterocycles. The molecule has 20 heavy (non-hydrogen) atoms. The molecule has 0 aliphatic carbocycles. The third kappa shape index (κ3) is 2.32. The summed E-state index contributed by atoms with van der Waals surface area (Å²) < 4.78 is 14.4. The fraction of sp³-hybridized carbons (Fsp3) is 0.133. The number of aromatic nitrogens is 1. The van der Waals surface area contributed by atoms with Crippen LogP contribution >= 0.6 is 26.9 Å². The zero-order valence-corrected chi connectivity index (χ0v) is 13.0. The van der Waals surface area contributed by atoms with E-state index in [0.717, 1.165) is 10.9 Å². The Hall–Kier alpha value is -1.43. The minimum absolute atomic E-state index is 0.163. The molecule has 1 atom stereocenters. The van der Waals surface area contributed by atoms with Crippen molar-refractivity contribution in [3.05, 3.63) is 70.0 Å². The van der Waals surface area contributed by atoms with Crippen molar-refractivity contribution in [2.24, 2.45) is 0 Å². The molecule has 102 valence electrons. The average molecular weight is 350 g/mol. The molecule has 0 spiro atoms. The lowest BCUT2D eigenvalue weighted by molar-refractivity contribution is 0.575. The molecular formula is C15H12BrNO2S. The van der Waals surface area contributed by atoms with E-state index in [1.165, 1.54) is 9.52 Å². The van der Waals surface area contributed by atoms with Crippen molar-refractivity contribution >= 4 is 37.0 Å². The summed E-state index contributed by atoms with van der Waals surface area (Å²) in [6.45, 7) is 0.364. The third-order valence-electron chi connectivity index (χ3n) is 3.24. The van der Waals surface area contributed by atoms with Gasteiger partial charge < -0.3 is 4.55 Å². The van der Waals surface area contributed by atoms with E-state index in [1.807, 2.05) is 24.3 Å². The highest BCUT2D eigenvalue weighted by Crippen LogP contribution is 2.25. The molecule has 0 aliphatic heterocycles. The summed E-state index contributed by atoms with van der Waals surface area (Å²) in [7, 11) is -1.40. The highest BCUT2D eigenvalue weighted by molar-refractivity contribution is 9.08. The van der Waals surface area contributed by atoms with Crippen LogP contribution in [0.3, 0.4) is 0 Å². The van der Waals surface area contributed by atoms with Crippen LogP contribution in [0.25, 0.3) is 10.1 Å². The van der Waals surface area contributed by atoms with Crippen molar-refractivity contribution in [3.63, 3.8) is 0 Å². The molecule has 5 heteroatoms. The van der Waals surface area contributed by atoms with Gasteiger partial charge in [-0.15, -0.1) is 3.96 Å². The van der Waals surface area contributed by atoms with Gasteiger partial charge in [0, 0.05) is 22.3 Å². The molecule has 3 aromatic rings. The Kier molecular flexibility index (Phi) is 3.74. The summed E-state index contributed by atoms with van der Waals surface area (Å²) in [5, 5.41) is 1.34. The van der Waals surface area contributed by atoms with Gasteiger partial charge in [0.25, 0.3) is 0 Å². The smallest absolute Gasteiger partial charge is 0.304 e. The first-order valence-corrected chi connectivity index (χ1v) is 8.40. The largest absolute Gasteiger partial charge is 0.570 e. The topological polar surface area (TPSA) is 45.1 Å². The standard InChI is InChI=1S/C15H12BrNO2S/c16-9-11-5-7-12(8-6-11)10-17-15(18)13-3-1-2-4-14(13)20(17)19/h1-8H,9-10H2. The number of rotatable bonds is 3. The van der Waals surface area contributed by atoms with Gasteiger partial charge in [-0.1, -0.05) is 52.3 Å². The summed E-state index contributed by atoms with van der Waals surface area (Å²) in [5.74, 6) is 0. The lowest BCUT2D eigenvalue weighted by Gasteiger charge is -2.03. The summed E-state index contributed by atoms with van der Waals surface area (Å²) in [5.41, 5.74) is 1.98. The first-order chi connectivity index (χ1) is 9.70. The summed E-state index contributed by atoms with van der Waals surface area (Å²) in [6.07, 6.45) is 0. The predicted molar refractivity (Wildman–Crippen MR) is 85.0 cm³/mol. The fourth-order valence-corrected chi connectivity index (χ4v) is 3.82. The number of nitrogens with zero attached hydrogens (tertiary/aromatic N) is 1. The Morgan fingerprint density at radius 3 is 2.35 bits per heavy atom. The molecule has 0 saturated carbocycles. The minimum Gasteiger partial charge on any atom is -0.570 e. The van der Waals surface area contributed by atoms with Crippen LogP contribution in [-0.4, -0.2) is 8.51 Å². The Morgan fingerprint density at radius 2 is 1.70 bits per heavy atom. The molecule has 0 saturated heterocycles. The second-order valence-electron chi connectivity index (χ2n) is 4.54. The van der Waals surface area contributed by atoms with Crippen molar-refractivity contribution < 1.29 is 4.55 Å². The van der Waals surface area contributed by atoms with E-state index in [2.05, 4.69) is 15.9 Å². The summed E-state index contributed by atoms with van der Waals surface area (Å²) in [6, 6.07) is 15.0. The Balaban J connectivity index is 2.04. The van der Waals surface area contributed by atoms with Gasteiger partial charge in [0.05, 0.1) is 6.54 Å². The van der Waals surface area contributed by atoms with E-state index in [4.69, 9.17) is 0 Å². The SMILES string of the molecule is O=c1c2ccccc2[s+]([O-])n1Cc1ccc(CBr)cc1. The zero-order chi connectivity index (χ0) is 14.1. The van der Waals surface area contributed by atoms with Crippen LogP contribution in [0.5, 0.6) is 0 Å². The Labute approximate surface area is 127 Å². The average Bonchev–Trinajstić information content (AvgIpc) is 2.74. The van der Waals surface area contributed by atoms with Gasteiger partial charge in [0.1, 0.15) is 5.39 Å². The maximum absolute atomic E-state index is 12.3. The third-order valence-corrected chi connectivity index (χ3v) is 5.31. The number of fused-ring (bicyclic) bond motifs is 1. The molecule has 1 unspecified atom stereocenters. The van der Waals surface area contributed by atoms with Crippen molar-refractivity contribution in [3.8, 4) is 0 Å². The molecule has 0 aliphatic rings. The van der Waals surface area contributed by atoms with Crippen molar-refractivity contribution in [1.29, 1.82) is 0 Å². The van der Waals surface area contributed by atoms with Crippen molar-refractivity contribution in [2.75, 3.05) is 0 Å². The van der Waals surface area contributed by atoms with Crippen LogP contribution in [0.2, 0.25) is 0 Å². The van der Waals surface area contributed by atoms with E-state index in [-0.39, 0.29) is 5.56 Å². The zero-order valence-electron chi connectivity index (χ0n) is 10.6. The van der Waals surface area contributed by atoms with Gasteiger partial charge in [-0.25, -0.2) is 0 Å². The van der Waals surface area contributed by atoms with Crippen LogP contribution in [0.15, 0.2) is 53.3 Å². The van der Waals surface area contributed by atoms with Gasteiger partial charge >= 0.3 is 5.56 Å². The Bertz CT molecular complexity index is 805. The molecule has 1 heterocycles. The predicted octanol–water partition coefficient (Wildman–Crippen LogP) is 3.67. The lowest BCUT2D eigenvalue weighted by Crippen LogP contribution is -2.15.